The lowest BCUT2D eigenvalue weighted by Crippen LogP contribution is -2.32. The van der Waals surface area contributed by atoms with Gasteiger partial charge in [-0.15, -0.1) is 0 Å². The molecule has 0 aliphatic rings. The second kappa shape index (κ2) is 7.14. The average molecular weight is 329 g/mol. The van der Waals surface area contributed by atoms with Gasteiger partial charge in [0.2, 0.25) is 0 Å². The fourth-order valence-corrected chi connectivity index (χ4v) is 3.21. The van der Waals surface area contributed by atoms with Crippen LogP contribution in [0.1, 0.15) is 23.2 Å². The largest absolute Gasteiger partial charge is 0.478 e. The van der Waals surface area contributed by atoms with Gasteiger partial charge in [0.25, 0.3) is 0 Å². The van der Waals surface area contributed by atoms with Crippen molar-refractivity contribution in [2.75, 3.05) is 0 Å². The monoisotopic (exact) mass is 329 g/mol. The van der Waals surface area contributed by atoms with E-state index in [0.29, 0.717) is 0 Å². The number of rotatable bonds is 6. The summed E-state index contributed by atoms with van der Waals surface area (Å²) >= 11 is 0. The van der Waals surface area contributed by atoms with Crippen molar-refractivity contribution in [3.05, 3.63) is 114 Å². The van der Waals surface area contributed by atoms with E-state index in [-0.39, 0.29) is 12.0 Å². The number of carboxylic acids is 1. The Hall–Kier alpha value is -3.20. The summed E-state index contributed by atoms with van der Waals surface area (Å²) in [4.78, 5) is 16.1. The van der Waals surface area contributed by atoms with Crippen LogP contribution in [0.4, 0.5) is 0 Å². The molecule has 1 heterocycles. The van der Waals surface area contributed by atoms with Gasteiger partial charge in [-0.1, -0.05) is 73.3 Å². The van der Waals surface area contributed by atoms with Gasteiger partial charge >= 0.3 is 5.97 Å². The first-order chi connectivity index (χ1) is 12.1. The topological polar surface area (TPSA) is 50.2 Å². The lowest BCUT2D eigenvalue weighted by atomic mass is 9.68. The Morgan fingerprint density at radius 1 is 0.880 bits per heavy atom. The third-order valence-corrected chi connectivity index (χ3v) is 4.42. The van der Waals surface area contributed by atoms with E-state index in [9.17, 15) is 9.90 Å². The number of nitrogens with zero attached hydrogens (tertiary/aromatic N) is 1. The van der Waals surface area contributed by atoms with Gasteiger partial charge in [-0.05, 0) is 29.7 Å². The highest BCUT2D eigenvalue weighted by atomic mass is 16.4. The number of hydrogen-bond donors (Lipinski definition) is 1. The summed E-state index contributed by atoms with van der Waals surface area (Å²) in [6.07, 6.45) is 1.98. The van der Waals surface area contributed by atoms with Crippen molar-refractivity contribution < 1.29 is 9.90 Å². The molecule has 3 rings (SSSR count). The highest BCUT2D eigenvalue weighted by Crippen LogP contribution is 2.42. The van der Waals surface area contributed by atoms with Crippen LogP contribution in [0, 0.1) is 0 Å². The van der Waals surface area contributed by atoms with Crippen molar-refractivity contribution in [3.63, 3.8) is 0 Å². The Morgan fingerprint density at radius 3 is 1.84 bits per heavy atom. The lowest BCUT2D eigenvalue weighted by molar-refractivity contribution is -0.132. The van der Waals surface area contributed by atoms with E-state index in [1.807, 2.05) is 78.9 Å². The van der Waals surface area contributed by atoms with E-state index in [0.717, 1.165) is 16.8 Å². The number of aliphatic carboxylic acids is 1. The second-order valence-electron chi connectivity index (χ2n) is 5.94. The fraction of sp³-hybridized carbons (Fsp3) is 0.0909. The molecule has 0 radical (unpaired) electrons. The van der Waals surface area contributed by atoms with Crippen LogP contribution in [0.2, 0.25) is 0 Å². The summed E-state index contributed by atoms with van der Waals surface area (Å²) in [7, 11) is 0. The lowest BCUT2D eigenvalue weighted by Gasteiger charge is -2.35. The van der Waals surface area contributed by atoms with Crippen molar-refractivity contribution in [1.82, 2.24) is 4.98 Å². The zero-order chi connectivity index (χ0) is 17.7. The van der Waals surface area contributed by atoms with Gasteiger partial charge in [0, 0.05) is 11.8 Å². The van der Waals surface area contributed by atoms with Crippen LogP contribution in [0.5, 0.6) is 0 Å². The second-order valence-corrected chi connectivity index (χ2v) is 5.94. The predicted molar refractivity (Wildman–Crippen MR) is 98.4 cm³/mol. The molecular weight excluding hydrogens is 310 g/mol. The summed E-state index contributed by atoms with van der Waals surface area (Å²) in [5.41, 5.74) is 2.22. The van der Waals surface area contributed by atoms with E-state index in [1.165, 1.54) is 0 Å². The number of pyridine rings is 1. The van der Waals surface area contributed by atoms with Gasteiger partial charge in [0.1, 0.15) is 0 Å². The number of carboxylic acid groups (broad SMARTS) is 1. The number of benzene rings is 2. The third kappa shape index (κ3) is 3.22. The van der Waals surface area contributed by atoms with Crippen molar-refractivity contribution >= 4 is 5.97 Å². The molecule has 0 aliphatic heterocycles. The molecule has 0 unspecified atom stereocenters. The first-order valence-corrected chi connectivity index (χ1v) is 8.08. The molecule has 0 amide bonds. The minimum Gasteiger partial charge on any atom is -0.478 e. The van der Waals surface area contributed by atoms with Crippen LogP contribution in [0.15, 0.2) is 97.2 Å². The molecule has 3 nitrogen and oxygen atoms in total. The van der Waals surface area contributed by atoms with E-state index in [4.69, 9.17) is 0 Å². The van der Waals surface area contributed by atoms with Crippen LogP contribution in [0.25, 0.3) is 0 Å². The summed E-state index contributed by atoms with van der Waals surface area (Å²) in [6.45, 7) is 3.79. The van der Waals surface area contributed by atoms with E-state index in [1.54, 1.807) is 6.20 Å². The van der Waals surface area contributed by atoms with Gasteiger partial charge in [-0.3, -0.25) is 4.98 Å². The maximum absolute atomic E-state index is 11.6. The molecular formula is C22H19NO2. The quantitative estimate of drug-likeness (QED) is 0.680. The van der Waals surface area contributed by atoms with E-state index < -0.39 is 11.4 Å². The molecule has 0 spiro atoms. The molecule has 2 aromatic carbocycles. The molecule has 0 atom stereocenters. The molecule has 1 aromatic heterocycles. The Labute approximate surface area is 147 Å². The van der Waals surface area contributed by atoms with Crippen LogP contribution < -0.4 is 0 Å². The molecule has 3 aromatic rings. The van der Waals surface area contributed by atoms with Gasteiger partial charge < -0.3 is 5.11 Å². The van der Waals surface area contributed by atoms with Crippen molar-refractivity contribution in [2.24, 2.45) is 0 Å². The summed E-state index contributed by atoms with van der Waals surface area (Å²) in [5.74, 6) is -0.993. The maximum Gasteiger partial charge on any atom is 0.331 e. The molecule has 0 fully saturated rings. The Morgan fingerprint density at radius 2 is 1.40 bits per heavy atom. The normalized spacial score (nSPS) is 11.0. The van der Waals surface area contributed by atoms with Crippen molar-refractivity contribution in [1.29, 1.82) is 0 Å². The molecule has 0 aliphatic carbocycles. The molecule has 1 N–H and O–H groups in total. The van der Waals surface area contributed by atoms with E-state index in [2.05, 4.69) is 11.6 Å². The van der Waals surface area contributed by atoms with Gasteiger partial charge in [0.15, 0.2) is 0 Å². The van der Waals surface area contributed by atoms with Crippen molar-refractivity contribution in [2.45, 2.75) is 11.8 Å². The Balaban J connectivity index is 2.31. The summed E-state index contributed by atoms with van der Waals surface area (Å²) < 4.78 is 0. The van der Waals surface area contributed by atoms with Gasteiger partial charge in [-0.25, -0.2) is 4.79 Å². The van der Waals surface area contributed by atoms with Gasteiger partial charge in [0.05, 0.1) is 11.1 Å². The average Bonchev–Trinajstić information content (AvgIpc) is 2.68. The van der Waals surface area contributed by atoms with Crippen molar-refractivity contribution in [3.8, 4) is 0 Å². The van der Waals surface area contributed by atoms with Crippen LogP contribution in [0.3, 0.4) is 0 Å². The first kappa shape index (κ1) is 16.7. The molecule has 0 saturated carbocycles. The smallest absolute Gasteiger partial charge is 0.331 e. The molecule has 3 heteroatoms. The van der Waals surface area contributed by atoms with Gasteiger partial charge in [-0.2, -0.15) is 0 Å². The SMILES string of the molecule is C=C(CC(c1ccccc1)(c1ccccc1)c1ccccn1)C(=O)O. The summed E-state index contributed by atoms with van der Waals surface area (Å²) in [6, 6.07) is 25.5. The number of aromatic nitrogens is 1. The zero-order valence-corrected chi connectivity index (χ0v) is 13.8. The highest BCUT2D eigenvalue weighted by molar-refractivity contribution is 5.86. The predicted octanol–water partition coefficient (Wildman–Crippen LogP) is 4.45. The minimum absolute atomic E-state index is 0.151. The minimum atomic E-state index is -0.993. The molecule has 124 valence electrons. The standard InChI is InChI=1S/C22H19NO2/c1-17(21(24)25)16-22(18-10-4-2-5-11-18,19-12-6-3-7-13-19)20-14-8-9-15-23-20/h2-15H,1,16H2,(H,24,25). The highest BCUT2D eigenvalue weighted by Gasteiger charge is 2.39. The zero-order valence-electron chi connectivity index (χ0n) is 13.8. The van der Waals surface area contributed by atoms with Crippen LogP contribution in [-0.2, 0) is 10.2 Å². The molecule has 25 heavy (non-hydrogen) atoms. The van der Waals surface area contributed by atoms with Crippen LogP contribution >= 0.6 is 0 Å². The number of carbonyl (C=O) groups is 1. The summed E-state index contributed by atoms with van der Waals surface area (Å²) in [5, 5.41) is 9.47. The Bertz CT molecular complexity index is 762. The first-order valence-electron chi connectivity index (χ1n) is 8.08. The maximum atomic E-state index is 11.6. The molecule has 0 bridgehead atoms. The third-order valence-electron chi connectivity index (χ3n) is 4.42. The van der Waals surface area contributed by atoms with Crippen LogP contribution in [-0.4, -0.2) is 16.1 Å². The fourth-order valence-electron chi connectivity index (χ4n) is 3.21. The number of hydrogen-bond acceptors (Lipinski definition) is 2. The van der Waals surface area contributed by atoms with E-state index >= 15 is 0 Å². The Kier molecular flexibility index (Phi) is 4.75. The molecule has 0 saturated heterocycles.